The molecule has 1 heterocycles. The molecule has 0 aliphatic heterocycles. The van der Waals surface area contributed by atoms with E-state index in [9.17, 15) is 4.79 Å². The number of carbonyl (C=O) groups excluding carboxylic acids is 1. The van der Waals surface area contributed by atoms with E-state index in [0.717, 1.165) is 29.1 Å². The van der Waals surface area contributed by atoms with Crippen molar-refractivity contribution in [2.45, 2.75) is 31.7 Å². The zero-order chi connectivity index (χ0) is 14.2. The molecule has 4 heteroatoms. The number of benzene rings is 1. The molecule has 1 fully saturated rings. The van der Waals surface area contributed by atoms with Gasteiger partial charge in [0, 0.05) is 10.9 Å². The van der Waals surface area contributed by atoms with Gasteiger partial charge in [0.1, 0.15) is 5.01 Å². The maximum absolute atomic E-state index is 12.3. The van der Waals surface area contributed by atoms with Gasteiger partial charge in [-0.25, -0.2) is 4.98 Å². The molecule has 0 saturated heterocycles. The number of ketones is 1. The van der Waals surface area contributed by atoms with E-state index >= 15 is 0 Å². The van der Waals surface area contributed by atoms with Gasteiger partial charge >= 0.3 is 0 Å². The summed E-state index contributed by atoms with van der Waals surface area (Å²) in [7, 11) is 0. The lowest BCUT2D eigenvalue weighted by molar-refractivity contribution is -0.123. The van der Waals surface area contributed by atoms with Gasteiger partial charge in [-0.05, 0) is 25.7 Å². The highest BCUT2D eigenvalue weighted by Crippen LogP contribution is 2.39. The lowest BCUT2D eigenvalue weighted by atomic mass is 9.90. The normalized spacial score (nSPS) is 17.7. The van der Waals surface area contributed by atoms with Crippen LogP contribution in [0.2, 0.25) is 0 Å². The van der Waals surface area contributed by atoms with Crippen molar-refractivity contribution in [1.82, 2.24) is 4.98 Å². The molecule has 0 amide bonds. The van der Waals surface area contributed by atoms with Crippen LogP contribution in [0, 0.1) is 5.92 Å². The topological polar surface area (TPSA) is 56.0 Å². The number of hydrogen-bond donors (Lipinski definition) is 1. The number of rotatable bonds is 5. The minimum atomic E-state index is -0.682. The Morgan fingerprint density at radius 2 is 2.10 bits per heavy atom. The molecule has 0 spiro atoms. The fourth-order valence-corrected chi connectivity index (χ4v) is 3.17. The molecule has 3 rings (SSSR count). The van der Waals surface area contributed by atoms with Gasteiger partial charge in [-0.15, -0.1) is 11.3 Å². The Morgan fingerprint density at radius 1 is 1.40 bits per heavy atom. The summed E-state index contributed by atoms with van der Waals surface area (Å²) in [4.78, 5) is 16.9. The highest BCUT2D eigenvalue weighted by molar-refractivity contribution is 7.10. The van der Waals surface area contributed by atoms with E-state index in [-0.39, 0.29) is 5.78 Å². The molecule has 1 atom stereocenters. The first-order valence-electron chi connectivity index (χ1n) is 6.89. The third kappa shape index (κ3) is 2.67. The Kier molecular flexibility index (Phi) is 3.44. The van der Waals surface area contributed by atoms with Crippen LogP contribution in [-0.4, -0.2) is 16.3 Å². The predicted molar refractivity (Wildman–Crippen MR) is 81.6 cm³/mol. The highest BCUT2D eigenvalue weighted by Gasteiger charge is 2.43. The summed E-state index contributed by atoms with van der Waals surface area (Å²) in [6.07, 6.45) is 2.50. The van der Waals surface area contributed by atoms with Crippen molar-refractivity contribution in [3.05, 3.63) is 40.7 Å². The number of carbonyl (C=O) groups is 1. The van der Waals surface area contributed by atoms with Crippen molar-refractivity contribution in [1.29, 1.82) is 0 Å². The summed E-state index contributed by atoms with van der Waals surface area (Å²) in [6.45, 7) is 1.86. The second kappa shape index (κ2) is 5.11. The fraction of sp³-hybridized carbons (Fsp3) is 0.375. The number of thiazole rings is 1. The van der Waals surface area contributed by atoms with Crippen molar-refractivity contribution in [3.8, 4) is 11.3 Å². The number of nitrogens with zero attached hydrogens (tertiary/aromatic N) is 1. The first kappa shape index (κ1) is 13.5. The SMILES string of the molecule is CC(N)(C(=O)Cc1nc(-c2ccccc2)cs1)C1CC1. The van der Waals surface area contributed by atoms with E-state index in [1.165, 1.54) is 11.3 Å². The summed E-state index contributed by atoms with van der Waals surface area (Å²) >= 11 is 1.53. The zero-order valence-electron chi connectivity index (χ0n) is 11.5. The quantitative estimate of drug-likeness (QED) is 0.919. The summed E-state index contributed by atoms with van der Waals surface area (Å²) < 4.78 is 0. The van der Waals surface area contributed by atoms with Crippen LogP contribution in [0.1, 0.15) is 24.8 Å². The van der Waals surface area contributed by atoms with E-state index in [0.29, 0.717) is 12.3 Å². The van der Waals surface area contributed by atoms with Gasteiger partial charge in [0.05, 0.1) is 17.7 Å². The Balaban J connectivity index is 1.73. The van der Waals surface area contributed by atoms with Crippen molar-refractivity contribution in [2.24, 2.45) is 11.7 Å². The van der Waals surface area contributed by atoms with Gasteiger partial charge in [-0.2, -0.15) is 0 Å². The van der Waals surface area contributed by atoms with Crippen LogP contribution in [0.4, 0.5) is 0 Å². The molecule has 2 aromatic rings. The van der Waals surface area contributed by atoms with E-state index < -0.39 is 5.54 Å². The Hall–Kier alpha value is -1.52. The predicted octanol–water partition coefficient (Wildman–Crippen LogP) is 3.05. The van der Waals surface area contributed by atoms with E-state index in [2.05, 4.69) is 4.98 Å². The van der Waals surface area contributed by atoms with Crippen molar-refractivity contribution < 1.29 is 4.79 Å². The van der Waals surface area contributed by atoms with Gasteiger partial charge in [0.25, 0.3) is 0 Å². The second-order valence-corrected chi connectivity index (χ2v) is 6.59. The molecule has 1 unspecified atom stereocenters. The Morgan fingerprint density at radius 3 is 2.75 bits per heavy atom. The van der Waals surface area contributed by atoms with Gasteiger partial charge < -0.3 is 5.73 Å². The number of nitrogens with two attached hydrogens (primary N) is 1. The second-order valence-electron chi connectivity index (χ2n) is 5.65. The van der Waals surface area contributed by atoms with Crippen LogP contribution in [0.25, 0.3) is 11.3 Å². The summed E-state index contributed by atoms with van der Waals surface area (Å²) in [6, 6.07) is 10.0. The molecular weight excluding hydrogens is 268 g/mol. The molecule has 1 aromatic heterocycles. The Labute approximate surface area is 122 Å². The Bertz CT molecular complexity index is 614. The summed E-state index contributed by atoms with van der Waals surface area (Å²) in [5.41, 5.74) is 7.49. The maximum Gasteiger partial charge on any atom is 0.159 e. The third-order valence-electron chi connectivity index (χ3n) is 3.96. The average Bonchev–Trinajstić information content (AvgIpc) is 3.21. The van der Waals surface area contributed by atoms with Crippen LogP contribution in [0.5, 0.6) is 0 Å². The molecule has 1 aliphatic rings. The van der Waals surface area contributed by atoms with E-state index in [1.807, 2.05) is 42.6 Å². The zero-order valence-corrected chi connectivity index (χ0v) is 12.3. The van der Waals surface area contributed by atoms with Crippen LogP contribution in [0.3, 0.4) is 0 Å². The monoisotopic (exact) mass is 286 g/mol. The number of aromatic nitrogens is 1. The lowest BCUT2D eigenvalue weighted by Crippen LogP contribution is -2.47. The molecule has 2 N–H and O–H groups in total. The standard InChI is InChI=1S/C16H18N2OS/c1-16(17,12-7-8-12)14(19)9-15-18-13(10-20-15)11-5-3-2-4-6-11/h2-6,10,12H,7-9,17H2,1H3. The fourth-order valence-electron chi connectivity index (χ4n) is 2.37. The first-order chi connectivity index (χ1) is 9.57. The van der Waals surface area contributed by atoms with Crippen molar-refractivity contribution in [3.63, 3.8) is 0 Å². The minimum Gasteiger partial charge on any atom is -0.319 e. The highest BCUT2D eigenvalue weighted by atomic mass is 32.1. The molecule has 0 bridgehead atoms. The molecular formula is C16H18N2OS. The number of hydrogen-bond acceptors (Lipinski definition) is 4. The third-order valence-corrected chi connectivity index (χ3v) is 4.81. The van der Waals surface area contributed by atoms with Gasteiger partial charge in [-0.1, -0.05) is 30.3 Å². The van der Waals surface area contributed by atoms with E-state index in [1.54, 1.807) is 0 Å². The summed E-state index contributed by atoms with van der Waals surface area (Å²) in [5, 5.41) is 2.86. The molecule has 1 aliphatic carbocycles. The molecule has 0 radical (unpaired) electrons. The smallest absolute Gasteiger partial charge is 0.159 e. The molecule has 1 aromatic carbocycles. The first-order valence-corrected chi connectivity index (χ1v) is 7.77. The molecule has 20 heavy (non-hydrogen) atoms. The molecule has 1 saturated carbocycles. The molecule has 3 nitrogen and oxygen atoms in total. The lowest BCUT2D eigenvalue weighted by Gasteiger charge is -2.21. The largest absolute Gasteiger partial charge is 0.319 e. The van der Waals surface area contributed by atoms with Crippen LogP contribution >= 0.6 is 11.3 Å². The summed E-state index contributed by atoms with van der Waals surface area (Å²) in [5.74, 6) is 0.470. The van der Waals surface area contributed by atoms with Crippen LogP contribution in [-0.2, 0) is 11.2 Å². The van der Waals surface area contributed by atoms with Crippen molar-refractivity contribution >= 4 is 17.1 Å². The minimum absolute atomic E-state index is 0.106. The van der Waals surface area contributed by atoms with Crippen LogP contribution < -0.4 is 5.73 Å². The van der Waals surface area contributed by atoms with Gasteiger partial charge in [0.2, 0.25) is 0 Å². The van der Waals surface area contributed by atoms with Gasteiger partial charge in [-0.3, -0.25) is 4.79 Å². The number of Topliss-reactive ketones (excluding diaryl/α,β-unsaturated/α-hetero) is 1. The van der Waals surface area contributed by atoms with Crippen LogP contribution in [0.15, 0.2) is 35.7 Å². The molecule has 104 valence electrons. The average molecular weight is 286 g/mol. The maximum atomic E-state index is 12.3. The van der Waals surface area contributed by atoms with Gasteiger partial charge in [0.15, 0.2) is 5.78 Å². The van der Waals surface area contributed by atoms with Crippen molar-refractivity contribution in [2.75, 3.05) is 0 Å². The van der Waals surface area contributed by atoms with E-state index in [4.69, 9.17) is 5.73 Å².